The fraction of sp³-hybridized carbons (Fsp3) is 0.200. The molecule has 5 heteroatoms. The van der Waals surface area contributed by atoms with Crippen LogP contribution < -0.4 is 4.74 Å². The van der Waals surface area contributed by atoms with Crippen LogP contribution in [0.15, 0.2) is 40.9 Å². The van der Waals surface area contributed by atoms with E-state index in [4.69, 9.17) is 4.74 Å². The third kappa shape index (κ3) is 2.43. The summed E-state index contributed by atoms with van der Waals surface area (Å²) in [6.45, 7) is 0. The average Bonchev–Trinajstić information content (AvgIpc) is 2.41. The van der Waals surface area contributed by atoms with Gasteiger partial charge < -0.3 is 9.84 Å². The number of halogens is 3. The minimum Gasteiger partial charge on any atom is -0.485 e. The first-order valence-corrected chi connectivity index (χ1v) is 6.93. The van der Waals surface area contributed by atoms with Gasteiger partial charge in [-0.1, -0.05) is 6.07 Å². The van der Waals surface area contributed by atoms with Crippen LogP contribution in [0.2, 0.25) is 0 Å². The standard InChI is InChI=1S/C15H11BrF2O2/c16-11-5-8(1-4-12(11)18)14-7-13(19)10-3-2-9(17)6-15(10)20-14/h1-6,13-14,19H,7H2/t13-,14?/m1/s1. The lowest BCUT2D eigenvalue weighted by Gasteiger charge is -2.30. The first-order valence-electron chi connectivity index (χ1n) is 6.13. The van der Waals surface area contributed by atoms with E-state index in [9.17, 15) is 13.9 Å². The van der Waals surface area contributed by atoms with Gasteiger partial charge in [-0.2, -0.15) is 0 Å². The molecule has 0 spiro atoms. The first-order chi connectivity index (χ1) is 9.54. The smallest absolute Gasteiger partial charge is 0.137 e. The molecule has 0 bridgehead atoms. The summed E-state index contributed by atoms with van der Waals surface area (Å²) in [6.07, 6.45) is -0.819. The van der Waals surface area contributed by atoms with Crippen molar-refractivity contribution in [2.75, 3.05) is 0 Å². The van der Waals surface area contributed by atoms with Crippen LogP contribution in [0.3, 0.4) is 0 Å². The highest BCUT2D eigenvalue weighted by molar-refractivity contribution is 9.10. The molecule has 0 amide bonds. The zero-order chi connectivity index (χ0) is 14.3. The molecule has 20 heavy (non-hydrogen) atoms. The van der Waals surface area contributed by atoms with Crippen molar-refractivity contribution >= 4 is 15.9 Å². The summed E-state index contributed by atoms with van der Waals surface area (Å²) in [7, 11) is 0. The van der Waals surface area contributed by atoms with Gasteiger partial charge in [0.2, 0.25) is 0 Å². The second-order valence-electron chi connectivity index (χ2n) is 4.71. The molecule has 0 aliphatic carbocycles. The van der Waals surface area contributed by atoms with Gasteiger partial charge in [-0.3, -0.25) is 0 Å². The molecule has 0 fully saturated rings. The van der Waals surface area contributed by atoms with Crippen molar-refractivity contribution in [1.82, 2.24) is 0 Å². The summed E-state index contributed by atoms with van der Waals surface area (Å²) in [5.41, 5.74) is 1.30. The van der Waals surface area contributed by atoms with Gasteiger partial charge in [-0.05, 0) is 45.8 Å². The predicted molar refractivity (Wildman–Crippen MR) is 73.4 cm³/mol. The van der Waals surface area contributed by atoms with Crippen LogP contribution in [0, 0.1) is 11.6 Å². The molecule has 1 unspecified atom stereocenters. The third-order valence-corrected chi connectivity index (χ3v) is 3.96. The van der Waals surface area contributed by atoms with E-state index >= 15 is 0 Å². The number of aliphatic hydroxyl groups excluding tert-OH is 1. The van der Waals surface area contributed by atoms with Gasteiger partial charge in [0.05, 0.1) is 10.6 Å². The van der Waals surface area contributed by atoms with Gasteiger partial charge >= 0.3 is 0 Å². The maximum atomic E-state index is 13.2. The molecular weight excluding hydrogens is 330 g/mol. The van der Waals surface area contributed by atoms with Gasteiger partial charge in [0.25, 0.3) is 0 Å². The molecule has 1 aliphatic heterocycles. The molecule has 0 saturated carbocycles. The lowest BCUT2D eigenvalue weighted by atomic mass is 9.95. The Bertz CT molecular complexity index is 660. The van der Waals surface area contributed by atoms with E-state index < -0.39 is 18.0 Å². The Morgan fingerprint density at radius 1 is 1.15 bits per heavy atom. The number of fused-ring (bicyclic) bond motifs is 1. The molecule has 2 atom stereocenters. The number of aliphatic hydroxyl groups is 1. The number of rotatable bonds is 1. The topological polar surface area (TPSA) is 29.5 Å². The molecule has 104 valence electrons. The summed E-state index contributed by atoms with van der Waals surface area (Å²) < 4.78 is 32.5. The predicted octanol–water partition coefficient (Wildman–Crippen LogP) is 4.28. The Kier molecular flexibility index (Phi) is 3.48. The quantitative estimate of drug-likeness (QED) is 0.839. The average molecular weight is 341 g/mol. The Balaban J connectivity index is 1.96. The van der Waals surface area contributed by atoms with Crippen LogP contribution in [-0.4, -0.2) is 5.11 Å². The van der Waals surface area contributed by atoms with Crippen molar-refractivity contribution in [3.63, 3.8) is 0 Å². The molecule has 1 N–H and O–H groups in total. The molecule has 0 aromatic heterocycles. The molecule has 1 aliphatic rings. The summed E-state index contributed by atoms with van der Waals surface area (Å²) in [4.78, 5) is 0. The van der Waals surface area contributed by atoms with Gasteiger partial charge in [0.1, 0.15) is 23.5 Å². The van der Waals surface area contributed by atoms with Crippen LogP contribution in [0.4, 0.5) is 8.78 Å². The first kappa shape index (κ1) is 13.5. The van der Waals surface area contributed by atoms with E-state index in [0.717, 1.165) is 5.56 Å². The summed E-state index contributed by atoms with van der Waals surface area (Å²) in [6, 6.07) is 8.60. The SMILES string of the molecule is O[C@@H]1CC(c2ccc(F)c(Br)c2)Oc2cc(F)ccc21. The van der Waals surface area contributed by atoms with Crippen LogP contribution in [0.1, 0.15) is 29.8 Å². The molecule has 2 nitrogen and oxygen atoms in total. The fourth-order valence-corrected chi connectivity index (χ4v) is 2.73. The zero-order valence-electron chi connectivity index (χ0n) is 10.3. The van der Waals surface area contributed by atoms with E-state index in [0.29, 0.717) is 22.2 Å². The molecular formula is C15H11BrF2O2. The fourth-order valence-electron chi connectivity index (χ4n) is 2.33. The molecule has 3 rings (SSSR count). The Morgan fingerprint density at radius 2 is 1.95 bits per heavy atom. The van der Waals surface area contributed by atoms with Gasteiger partial charge in [0.15, 0.2) is 0 Å². The Morgan fingerprint density at radius 3 is 2.70 bits per heavy atom. The maximum Gasteiger partial charge on any atom is 0.137 e. The minimum absolute atomic E-state index is 0.328. The normalized spacial score (nSPS) is 21.2. The minimum atomic E-state index is -0.729. The second kappa shape index (κ2) is 5.14. The Labute approximate surface area is 123 Å². The molecule has 0 saturated heterocycles. The van der Waals surface area contributed by atoms with Crippen molar-refractivity contribution in [3.8, 4) is 5.75 Å². The summed E-state index contributed by atoms with van der Waals surface area (Å²) in [5, 5.41) is 10.1. The van der Waals surface area contributed by atoms with Gasteiger partial charge in [-0.25, -0.2) is 8.78 Å². The highest BCUT2D eigenvalue weighted by Crippen LogP contribution is 2.41. The van der Waals surface area contributed by atoms with Crippen molar-refractivity contribution < 1.29 is 18.6 Å². The molecule has 1 heterocycles. The highest BCUT2D eigenvalue weighted by atomic mass is 79.9. The number of hydrogen-bond acceptors (Lipinski definition) is 2. The molecule has 0 radical (unpaired) electrons. The van der Waals surface area contributed by atoms with Gasteiger partial charge in [0, 0.05) is 18.1 Å². The van der Waals surface area contributed by atoms with Crippen molar-refractivity contribution in [2.24, 2.45) is 0 Å². The van der Waals surface area contributed by atoms with Gasteiger partial charge in [-0.15, -0.1) is 0 Å². The van der Waals surface area contributed by atoms with E-state index in [1.54, 1.807) is 12.1 Å². The zero-order valence-corrected chi connectivity index (χ0v) is 11.9. The van der Waals surface area contributed by atoms with Crippen molar-refractivity contribution in [3.05, 3.63) is 63.6 Å². The van der Waals surface area contributed by atoms with E-state index in [-0.39, 0.29) is 5.82 Å². The summed E-state index contributed by atoms with van der Waals surface area (Å²) in [5.74, 6) is -0.456. The van der Waals surface area contributed by atoms with Crippen molar-refractivity contribution in [2.45, 2.75) is 18.6 Å². The second-order valence-corrected chi connectivity index (χ2v) is 5.57. The molecule has 2 aromatic carbocycles. The van der Waals surface area contributed by atoms with Crippen LogP contribution in [0.5, 0.6) is 5.75 Å². The van der Waals surface area contributed by atoms with Crippen molar-refractivity contribution in [1.29, 1.82) is 0 Å². The van der Waals surface area contributed by atoms with Crippen LogP contribution in [-0.2, 0) is 0 Å². The van der Waals surface area contributed by atoms with E-state index in [2.05, 4.69) is 15.9 Å². The number of benzene rings is 2. The lowest BCUT2D eigenvalue weighted by molar-refractivity contribution is 0.0653. The monoisotopic (exact) mass is 340 g/mol. The van der Waals surface area contributed by atoms with Crippen LogP contribution in [0.25, 0.3) is 0 Å². The molecule has 2 aromatic rings. The van der Waals surface area contributed by atoms with E-state index in [1.165, 1.54) is 24.3 Å². The maximum absolute atomic E-state index is 13.2. The largest absolute Gasteiger partial charge is 0.485 e. The summed E-state index contributed by atoms with van der Waals surface area (Å²) >= 11 is 3.12. The third-order valence-electron chi connectivity index (χ3n) is 3.36. The lowest BCUT2D eigenvalue weighted by Crippen LogP contribution is -2.19. The Hall–Kier alpha value is -1.46. The van der Waals surface area contributed by atoms with E-state index in [1.807, 2.05) is 0 Å². The highest BCUT2D eigenvalue weighted by Gasteiger charge is 2.28. The van der Waals surface area contributed by atoms with Crippen LogP contribution >= 0.6 is 15.9 Å². The number of ether oxygens (including phenoxy) is 1. The number of hydrogen-bond donors (Lipinski definition) is 1.